The van der Waals surface area contributed by atoms with Crippen molar-refractivity contribution in [2.45, 2.75) is 38.3 Å². The van der Waals surface area contributed by atoms with Gasteiger partial charge in [0, 0.05) is 48.5 Å². The summed E-state index contributed by atoms with van der Waals surface area (Å²) in [5.41, 5.74) is 9.10. The lowest BCUT2D eigenvalue weighted by Gasteiger charge is -2.35. The number of sulfonamides is 1. The molecule has 1 amide bonds. The van der Waals surface area contributed by atoms with Gasteiger partial charge in [-0.1, -0.05) is 11.6 Å². The van der Waals surface area contributed by atoms with E-state index in [1.54, 1.807) is 15.5 Å². The van der Waals surface area contributed by atoms with Crippen molar-refractivity contribution in [3.8, 4) is 0 Å². The number of halogens is 1. The Labute approximate surface area is 220 Å². The molecule has 12 heteroatoms. The summed E-state index contributed by atoms with van der Waals surface area (Å²) in [6.45, 7) is 4.45. The lowest BCUT2D eigenvalue weighted by Crippen LogP contribution is -2.39. The van der Waals surface area contributed by atoms with Crippen LogP contribution >= 0.6 is 11.6 Å². The molecule has 0 radical (unpaired) electrons. The van der Waals surface area contributed by atoms with Crippen LogP contribution in [0.4, 0.5) is 11.5 Å². The van der Waals surface area contributed by atoms with E-state index >= 15 is 0 Å². The molecule has 37 heavy (non-hydrogen) atoms. The number of aromatic nitrogens is 3. The number of nitrogens with one attached hydrogen (secondary N) is 1. The molecule has 3 N–H and O–H groups in total. The molecule has 3 unspecified atom stereocenters. The van der Waals surface area contributed by atoms with Crippen LogP contribution in [0.25, 0.3) is 5.65 Å². The summed E-state index contributed by atoms with van der Waals surface area (Å²) in [6, 6.07) is 6.61. The van der Waals surface area contributed by atoms with Gasteiger partial charge in [-0.25, -0.2) is 17.9 Å². The molecule has 2 aliphatic heterocycles. The van der Waals surface area contributed by atoms with Gasteiger partial charge in [0.05, 0.1) is 29.2 Å². The predicted octanol–water partition coefficient (Wildman–Crippen LogP) is 2.82. The van der Waals surface area contributed by atoms with Gasteiger partial charge in [-0.2, -0.15) is 5.10 Å². The molecule has 1 aliphatic carbocycles. The highest BCUT2D eigenvalue weighted by atomic mass is 35.5. The molecule has 196 valence electrons. The van der Waals surface area contributed by atoms with Crippen molar-refractivity contribution in [1.82, 2.24) is 19.5 Å². The minimum Gasteiger partial charge on any atom is -0.356 e. The molecule has 1 aromatic carbocycles. The average Bonchev–Trinajstić information content (AvgIpc) is 3.21. The summed E-state index contributed by atoms with van der Waals surface area (Å²) < 4.78 is 28.0. The topological polar surface area (TPSA) is 126 Å². The summed E-state index contributed by atoms with van der Waals surface area (Å²) in [5, 5.41) is 5.17. The van der Waals surface area contributed by atoms with Gasteiger partial charge in [-0.05, 0) is 56.2 Å². The third-order valence-electron chi connectivity index (χ3n) is 7.80. The van der Waals surface area contributed by atoms with Crippen molar-refractivity contribution >= 4 is 44.7 Å². The first kappa shape index (κ1) is 24.4. The quantitative estimate of drug-likeness (QED) is 0.506. The number of hydrogen-bond donors (Lipinski definition) is 2. The summed E-state index contributed by atoms with van der Waals surface area (Å²) in [5.74, 6) is 1.81. The number of nitrogens with two attached hydrogens (primary N) is 1. The third-order valence-corrected chi connectivity index (χ3v) is 8.62. The second-order valence-electron chi connectivity index (χ2n) is 10.5. The highest BCUT2D eigenvalue weighted by Crippen LogP contribution is 2.45. The van der Waals surface area contributed by atoms with Crippen molar-refractivity contribution in [3.05, 3.63) is 52.3 Å². The van der Waals surface area contributed by atoms with E-state index in [1.165, 1.54) is 12.1 Å². The van der Waals surface area contributed by atoms with Crippen LogP contribution in [-0.2, 0) is 10.0 Å². The molecule has 4 heterocycles. The maximum Gasteiger partial charge on any atom is 0.256 e. The minimum absolute atomic E-state index is 0.210. The number of rotatable bonds is 5. The first-order valence-corrected chi connectivity index (χ1v) is 14.8. The average molecular weight is 544 g/mol. The number of amides is 1. The van der Waals surface area contributed by atoms with E-state index in [9.17, 15) is 13.2 Å². The normalized spacial score (nSPS) is 25.4. The Balaban J connectivity index is 1.32. The molecule has 3 fully saturated rings. The number of likely N-dealkylation sites (tertiary alicyclic amines) is 1. The van der Waals surface area contributed by atoms with Crippen molar-refractivity contribution in [2.24, 2.45) is 17.6 Å². The SMILES string of the molecule is Cc1cn2nc(C3CCCCN3C(=O)c3cc(Cl)ccc3NS(C)(=O)=O)cc2nc1N1CC2C(N)C2C1. The number of anilines is 2. The van der Waals surface area contributed by atoms with E-state index in [0.717, 1.165) is 61.3 Å². The Kier molecular flexibility index (Phi) is 5.85. The number of carbonyl (C=O) groups is 1. The van der Waals surface area contributed by atoms with Crippen LogP contribution < -0.4 is 15.4 Å². The fraction of sp³-hybridized carbons (Fsp3) is 0.480. The van der Waals surface area contributed by atoms with Crippen molar-refractivity contribution in [3.63, 3.8) is 0 Å². The first-order chi connectivity index (χ1) is 17.6. The zero-order valence-corrected chi connectivity index (χ0v) is 22.3. The summed E-state index contributed by atoms with van der Waals surface area (Å²) in [6.07, 6.45) is 5.61. The lowest BCUT2D eigenvalue weighted by molar-refractivity contribution is 0.0607. The standard InChI is InChI=1S/C25H30ClN7O3S/c1-14-11-33-22(28-24(14)31-12-17-18(13-31)23(17)27)10-20(29-33)21-5-3-4-8-32(21)25(34)16-9-15(26)6-7-19(16)30-37(2,35)36/h6-7,9-11,17-18,21,23,30H,3-5,8,12-13,27H2,1-2H3. The van der Waals surface area contributed by atoms with E-state index in [0.29, 0.717) is 29.4 Å². The number of aryl methyl sites for hydroxylation is 1. The number of hydrogen-bond acceptors (Lipinski definition) is 7. The Morgan fingerprint density at radius 3 is 2.68 bits per heavy atom. The number of nitrogens with zero attached hydrogens (tertiary/aromatic N) is 5. The molecular weight excluding hydrogens is 514 g/mol. The summed E-state index contributed by atoms with van der Waals surface area (Å²) in [4.78, 5) is 22.8. The monoisotopic (exact) mass is 543 g/mol. The first-order valence-electron chi connectivity index (χ1n) is 12.5. The largest absolute Gasteiger partial charge is 0.356 e. The maximum absolute atomic E-state index is 13.8. The van der Waals surface area contributed by atoms with Gasteiger partial charge in [0.1, 0.15) is 5.82 Å². The number of benzene rings is 1. The molecule has 1 saturated carbocycles. The van der Waals surface area contributed by atoms with Gasteiger partial charge < -0.3 is 15.5 Å². The summed E-state index contributed by atoms with van der Waals surface area (Å²) in [7, 11) is -3.58. The molecule has 3 atom stereocenters. The van der Waals surface area contributed by atoms with Crippen LogP contribution in [-0.4, -0.2) is 65.8 Å². The highest BCUT2D eigenvalue weighted by Gasteiger charge is 2.54. The van der Waals surface area contributed by atoms with Crippen molar-refractivity contribution in [2.75, 3.05) is 35.5 Å². The predicted molar refractivity (Wildman–Crippen MR) is 142 cm³/mol. The van der Waals surface area contributed by atoms with Gasteiger partial charge in [0.15, 0.2) is 5.65 Å². The molecular formula is C25H30ClN7O3S. The van der Waals surface area contributed by atoms with E-state index in [-0.39, 0.29) is 23.2 Å². The number of carbonyl (C=O) groups excluding carboxylic acids is 1. The Morgan fingerprint density at radius 2 is 1.95 bits per heavy atom. The van der Waals surface area contributed by atoms with Gasteiger partial charge >= 0.3 is 0 Å². The van der Waals surface area contributed by atoms with E-state index in [4.69, 9.17) is 27.4 Å². The zero-order valence-electron chi connectivity index (χ0n) is 20.8. The van der Waals surface area contributed by atoms with Gasteiger partial charge in [-0.3, -0.25) is 9.52 Å². The maximum atomic E-state index is 13.8. The van der Waals surface area contributed by atoms with Crippen LogP contribution in [0.3, 0.4) is 0 Å². The molecule has 0 spiro atoms. The minimum atomic E-state index is -3.58. The molecule has 3 aliphatic rings. The number of fused-ring (bicyclic) bond motifs is 2. The fourth-order valence-corrected chi connectivity index (χ4v) is 6.62. The van der Waals surface area contributed by atoms with Gasteiger partial charge in [0.25, 0.3) is 5.91 Å². The van der Waals surface area contributed by atoms with Gasteiger partial charge in [0.2, 0.25) is 10.0 Å². The van der Waals surface area contributed by atoms with Crippen LogP contribution in [0, 0.1) is 18.8 Å². The van der Waals surface area contributed by atoms with E-state index in [2.05, 4.69) is 9.62 Å². The molecule has 0 bridgehead atoms. The van der Waals surface area contributed by atoms with E-state index in [1.807, 2.05) is 19.2 Å². The molecule has 6 rings (SSSR count). The van der Waals surface area contributed by atoms with Crippen LogP contribution in [0.2, 0.25) is 5.02 Å². The lowest BCUT2D eigenvalue weighted by atomic mass is 9.98. The zero-order chi connectivity index (χ0) is 26.1. The molecule has 2 aromatic heterocycles. The second kappa shape index (κ2) is 8.85. The number of piperidine rings is 2. The Bertz CT molecular complexity index is 1500. The fourth-order valence-electron chi connectivity index (χ4n) is 5.87. The Morgan fingerprint density at radius 1 is 1.19 bits per heavy atom. The Hall–Kier alpha value is -2.89. The molecule has 10 nitrogen and oxygen atoms in total. The molecule has 2 saturated heterocycles. The molecule has 3 aromatic rings. The van der Waals surface area contributed by atoms with Crippen LogP contribution in [0.5, 0.6) is 0 Å². The van der Waals surface area contributed by atoms with Crippen LogP contribution in [0.1, 0.15) is 46.9 Å². The second-order valence-corrected chi connectivity index (χ2v) is 12.7. The van der Waals surface area contributed by atoms with Crippen molar-refractivity contribution in [1.29, 1.82) is 0 Å². The summed E-state index contributed by atoms with van der Waals surface area (Å²) >= 11 is 6.20. The van der Waals surface area contributed by atoms with Crippen LogP contribution in [0.15, 0.2) is 30.5 Å². The van der Waals surface area contributed by atoms with Gasteiger partial charge in [-0.15, -0.1) is 0 Å². The third kappa shape index (κ3) is 4.53. The van der Waals surface area contributed by atoms with Crippen molar-refractivity contribution < 1.29 is 13.2 Å². The smallest absolute Gasteiger partial charge is 0.256 e. The highest BCUT2D eigenvalue weighted by molar-refractivity contribution is 7.92. The van der Waals surface area contributed by atoms with E-state index < -0.39 is 10.0 Å².